The van der Waals surface area contributed by atoms with E-state index in [9.17, 15) is 19.0 Å². The minimum absolute atomic E-state index is 0.0187. The van der Waals surface area contributed by atoms with E-state index in [0.29, 0.717) is 23.9 Å². The minimum atomic E-state index is -4.39. The highest BCUT2D eigenvalue weighted by atomic mass is 31.2. The van der Waals surface area contributed by atoms with E-state index < -0.39 is 32.5 Å². The molecule has 0 saturated heterocycles. The van der Waals surface area contributed by atoms with Crippen LogP contribution < -0.4 is 0 Å². The van der Waals surface area contributed by atoms with E-state index in [4.69, 9.17) is 18.5 Å². The van der Waals surface area contributed by atoms with Crippen LogP contribution in [0.1, 0.15) is 129 Å². The molecule has 10 heteroatoms. The quantitative estimate of drug-likeness (QED) is 0.0169. The molecule has 9 nitrogen and oxygen atoms in total. The summed E-state index contributed by atoms with van der Waals surface area (Å²) < 4.78 is 34.2. The van der Waals surface area contributed by atoms with Gasteiger partial charge in [-0.2, -0.15) is 0 Å². The van der Waals surface area contributed by atoms with Crippen molar-refractivity contribution in [1.82, 2.24) is 0 Å². The predicted octanol–water partition coefficient (Wildman–Crippen LogP) is 11.2. The van der Waals surface area contributed by atoms with E-state index in [0.717, 1.165) is 89.9 Å². The second kappa shape index (κ2) is 35.9. The van der Waals surface area contributed by atoms with Crippen LogP contribution in [0.3, 0.4) is 0 Å². The van der Waals surface area contributed by atoms with Crippen molar-refractivity contribution in [2.75, 3.05) is 47.5 Å². The minimum Gasteiger partial charge on any atom is -0.462 e. The third-order valence-electron chi connectivity index (χ3n) is 8.02. The molecule has 0 aromatic heterocycles. The number of hydrogen-bond acceptors (Lipinski definition) is 7. The molecule has 0 amide bonds. The number of phosphoric ester groups is 1. The molecule has 0 spiro atoms. The summed E-state index contributed by atoms with van der Waals surface area (Å²) in [5.74, 6) is -0.857. The molecule has 54 heavy (non-hydrogen) atoms. The molecule has 0 aromatic carbocycles. The number of hydrogen-bond donors (Lipinski definition) is 1. The fraction of sp³-hybridized carbons (Fsp3) is 0.636. The second-order valence-corrected chi connectivity index (χ2v) is 15.8. The van der Waals surface area contributed by atoms with Crippen LogP contribution in [0, 0.1) is 0 Å². The van der Waals surface area contributed by atoms with Gasteiger partial charge in [-0.05, 0) is 64.2 Å². The number of allylic oxidation sites excluding steroid dienone is 14. The maximum Gasteiger partial charge on any atom is 0.472 e. The van der Waals surface area contributed by atoms with Gasteiger partial charge in [0.1, 0.15) is 19.8 Å². The van der Waals surface area contributed by atoms with E-state index in [1.165, 1.54) is 0 Å². The van der Waals surface area contributed by atoms with Gasteiger partial charge in [0.2, 0.25) is 0 Å². The molecular weight excluding hydrogens is 701 g/mol. The standard InChI is InChI=1S/C44H74NO8P/c1-6-8-10-12-14-16-18-20-22-24-26-28-30-32-34-36-43(46)50-40-42(41-52-54(48,49)51-39-38-45(3,4)5)53-44(47)37-35-33-31-29-27-25-23-21-19-17-15-13-11-9-7-2/h8-12,14-18,20-23,42H,6-7,13,19,24-41H2,1-5H3/p+1/b10-8+,11-9+,14-12+,17-15+,18-16+,22-20+,23-21+/t42-/m1/s1. The average molecular weight is 777 g/mol. The Balaban J connectivity index is 4.50. The average Bonchev–Trinajstić information content (AvgIpc) is 3.12. The lowest BCUT2D eigenvalue weighted by atomic mass is 10.1. The zero-order valence-electron chi connectivity index (χ0n) is 34.4. The molecule has 0 aliphatic rings. The third kappa shape index (κ3) is 38.9. The van der Waals surface area contributed by atoms with Crippen molar-refractivity contribution < 1.29 is 42.1 Å². The summed E-state index contributed by atoms with van der Waals surface area (Å²) in [5, 5.41) is 0. The summed E-state index contributed by atoms with van der Waals surface area (Å²) in [5.41, 5.74) is 0. The normalized spacial score (nSPS) is 14.6. The van der Waals surface area contributed by atoms with Gasteiger partial charge in [-0.25, -0.2) is 4.57 Å². The maximum atomic E-state index is 12.7. The van der Waals surface area contributed by atoms with Gasteiger partial charge < -0.3 is 18.9 Å². The molecule has 0 radical (unpaired) electrons. The van der Waals surface area contributed by atoms with E-state index in [1.807, 2.05) is 51.5 Å². The molecule has 0 bridgehead atoms. The van der Waals surface area contributed by atoms with Crippen LogP contribution >= 0.6 is 7.82 Å². The van der Waals surface area contributed by atoms with Crippen LogP contribution in [0.5, 0.6) is 0 Å². The van der Waals surface area contributed by atoms with Gasteiger partial charge in [0.15, 0.2) is 6.10 Å². The Morgan fingerprint density at radius 2 is 1.09 bits per heavy atom. The molecule has 0 aromatic rings. The molecule has 1 N–H and O–H groups in total. The Morgan fingerprint density at radius 1 is 0.593 bits per heavy atom. The molecular formula is C44H75NO8P+. The number of rotatable bonds is 35. The maximum absolute atomic E-state index is 12.7. The zero-order valence-corrected chi connectivity index (χ0v) is 35.3. The van der Waals surface area contributed by atoms with Crippen molar-refractivity contribution in [3.8, 4) is 0 Å². The Kier molecular flexibility index (Phi) is 34.0. The zero-order chi connectivity index (χ0) is 40.0. The summed E-state index contributed by atoms with van der Waals surface area (Å²) in [6.07, 6.45) is 44.8. The summed E-state index contributed by atoms with van der Waals surface area (Å²) in [4.78, 5) is 35.3. The highest BCUT2D eigenvalue weighted by molar-refractivity contribution is 7.47. The van der Waals surface area contributed by atoms with Crippen LogP contribution in [0.4, 0.5) is 0 Å². The van der Waals surface area contributed by atoms with E-state index in [1.54, 1.807) is 0 Å². The fourth-order valence-electron chi connectivity index (χ4n) is 4.86. The van der Waals surface area contributed by atoms with E-state index in [2.05, 4.69) is 68.5 Å². The van der Waals surface area contributed by atoms with Gasteiger partial charge in [-0.15, -0.1) is 0 Å². The predicted molar refractivity (Wildman–Crippen MR) is 224 cm³/mol. The molecule has 0 aliphatic heterocycles. The number of quaternary nitrogens is 1. The highest BCUT2D eigenvalue weighted by Crippen LogP contribution is 2.43. The number of ether oxygens (including phenoxy) is 2. The van der Waals surface area contributed by atoms with Crippen LogP contribution in [0.25, 0.3) is 0 Å². The Labute approximate surface area is 329 Å². The van der Waals surface area contributed by atoms with Gasteiger partial charge in [0, 0.05) is 12.8 Å². The molecule has 0 fully saturated rings. The van der Waals surface area contributed by atoms with E-state index >= 15 is 0 Å². The van der Waals surface area contributed by atoms with Crippen molar-refractivity contribution in [2.24, 2.45) is 0 Å². The molecule has 0 saturated carbocycles. The fourth-order valence-corrected chi connectivity index (χ4v) is 5.60. The molecule has 2 atom stereocenters. The van der Waals surface area contributed by atoms with Crippen LogP contribution in [-0.4, -0.2) is 74.9 Å². The monoisotopic (exact) mass is 777 g/mol. The largest absolute Gasteiger partial charge is 0.472 e. The van der Waals surface area contributed by atoms with E-state index in [-0.39, 0.29) is 26.1 Å². The van der Waals surface area contributed by atoms with Crippen molar-refractivity contribution in [3.05, 3.63) is 85.1 Å². The van der Waals surface area contributed by atoms with Crippen molar-refractivity contribution in [2.45, 2.75) is 136 Å². The smallest absolute Gasteiger partial charge is 0.462 e. The molecule has 0 rings (SSSR count). The first kappa shape index (κ1) is 51.2. The molecule has 308 valence electrons. The molecule has 1 unspecified atom stereocenters. The lowest BCUT2D eigenvalue weighted by Gasteiger charge is -2.24. The van der Waals surface area contributed by atoms with Crippen molar-refractivity contribution in [1.29, 1.82) is 0 Å². The van der Waals surface area contributed by atoms with Gasteiger partial charge in [-0.3, -0.25) is 18.6 Å². The number of unbranched alkanes of at least 4 members (excludes halogenated alkanes) is 10. The number of carbonyl (C=O) groups is 2. The molecule has 0 heterocycles. The van der Waals surface area contributed by atoms with Crippen molar-refractivity contribution >= 4 is 19.8 Å². The number of phosphoric acid groups is 1. The van der Waals surface area contributed by atoms with Crippen LogP contribution in [0.2, 0.25) is 0 Å². The SMILES string of the molecule is CC/C=C/C=C/C=C/C=C/CCCCCCCC(=O)OC[C@H](COP(=O)(O)OCC[N+](C)(C)C)OC(=O)CCCCCCC/C=C/C/C=C/C/C=C/CC. The summed E-state index contributed by atoms with van der Waals surface area (Å²) in [7, 11) is 1.43. The summed E-state index contributed by atoms with van der Waals surface area (Å²) >= 11 is 0. The van der Waals surface area contributed by atoms with Gasteiger partial charge in [0.25, 0.3) is 0 Å². The lowest BCUT2D eigenvalue weighted by Crippen LogP contribution is -2.37. The second-order valence-electron chi connectivity index (χ2n) is 14.3. The summed E-state index contributed by atoms with van der Waals surface area (Å²) in [6.45, 7) is 4.09. The topological polar surface area (TPSA) is 108 Å². The Bertz CT molecular complexity index is 1200. The van der Waals surface area contributed by atoms with Gasteiger partial charge in [-0.1, -0.05) is 137 Å². The van der Waals surface area contributed by atoms with Gasteiger partial charge >= 0.3 is 19.8 Å². The van der Waals surface area contributed by atoms with Crippen LogP contribution in [-0.2, 0) is 32.7 Å². The number of esters is 2. The lowest BCUT2D eigenvalue weighted by molar-refractivity contribution is -0.870. The summed E-state index contributed by atoms with van der Waals surface area (Å²) in [6, 6.07) is 0. The first-order chi connectivity index (χ1) is 26.0. The third-order valence-corrected chi connectivity index (χ3v) is 9.00. The first-order valence-corrected chi connectivity index (χ1v) is 21.9. The number of likely N-dealkylation sites (N-methyl/N-ethyl adjacent to an activating group) is 1. The van der Waals surface area contributed by atoms with Crippen LogP contribution in [0.15, 0.2) is 85.1 Å². The Hall–Kier alpha value is -2.81. The first-order valence-electron chi connectivity index (χ1n) is 20.4. The number of carbonyl (C=O) groups excluding carboxylic acids is 2. The Morgan fingerprint density at radius 3 is 1.70 bits per heavy atom. The van der Waals surface area contributed by atoms with Gasteiger partial charge in [0.05, 0.1) is 27.7 Å². The number of nitrogens with zero attached hydrogens (tertiary/aromatic N) is 1. The highest BCUT2D eigenvalue weighted by Gasteiger charge is 2.27. The van der Waals surface area contributed by atoms with Crippen molar-refractivity contribution in [3.63, 3.8) is 0 Å². The molecule has 0 aliphatic carbocycles.